The first-order valence-corrected chi connectivity index (χ1v) is 6.22. The Morgan fingerprint density at radius 2 is 1.86 bits per heavy atom. The molecule has 21 heavy (non-hydrogen) atoms. The Morgan fingerprint density at radius 3 is 2.52 bits per heavy atom. The maximum atomic E-state index is 14.1. The van der Waals surface area contributed by atoms with E-state index in [0.717, 1.165) is 16.7 Å². The van der Waals surface area contributed by atoms with Crippen molar-refractivity contribution < 1.29 is 13.2 Å². The van der Waals surface area contributed by atoms with Crippen LogP contribution in [0.15, 0.2) is 30.3 Å². The maximum absolute atomic E-state index is 14.1. The number of halogens is 3. The molecule has 3 nitrogen and oxygen atoms in total. The predicted molar refractivity (Wildman–Crippen MR) is 73.0 cm³/mol. The highest BCUT2D eigenvalue weighted by Crippen LogP contribution is 2.25. The molecular weight excluding hydrogens is 299 g/mol. The van der Waals surface area contributed by atoms with E-state index < -0.39 is 17.5 Å². The maximum Gasteiger partial charge on any atom is 0.184 e. The zero-order valence-corrected chi connectivity index (χ0v) is 11.1. The molecule has 0 aliphatic heterocycles. The minimum Gasteiger partial charge on any atom is -0.330 e. The monoisotopic (exact) mass is 305 g/mol. The number of benzene rings is 2. The molecule has 2 aromatic carbocycles. The van der Waals surface area contributed by atoms with Crippen LogP contribution in [-0.2, 0) is 0 Å². The van der Waals surface area contributed by atoms with Crippen LogP contribution in [0.5, 0.6) is 0 Å². The van der Waals surface area contributed by atoms with Crippen molar-refractivity contribution >= 4 is 23.3 Å². The zero-order chi connectivity index (χ0) is 15.1. The number of rotatable bonds is 1. The van der Waals surface area contributed by atoms with Crippen molar-refractivity contribution in [3.63, 3.8) is 0 Å². The lowest BCUT2D eigenvalue weighted by molar-refractivity contribution is 0.514. The van der Waals surface area contributed by atoms with Gasteiger partial charge in [-0.25, -0.2) is 13.2 Å². The molecule has 0 fully saturated rings. The van der Waals surface area contributed by atoms with Gasteiger partial charge in [0.25, 0.3) is 0 Å². The summed E-state index contributed by atoms with van der Waals surface area (Å²) in [5, 5.41) is 8.73. The standard InChI is InChI=1S/C14H6F3N3S/c15-8-2-3-10-13(12(8)17)20(14(21)19-10)11-4-1-7(6-18)5-9(11)16/h1-5H,(H,19,21). The van der Waals surface area contributed by atoms with E-state index in [-0.39, 0.29) is 27.1 Å². The van der Waals surface area contributed by atoms with E-state index in [1.807, 2.05) is 0 Å². The summed E-state index contributed by atoms with van der Waals surface area (Å²) >= 11 is 5.05. The SMILES string of the molecule is N#Cc1ccc(-n2c(=S)[nH]c3ccc(F)c(F)c32)c(F)c1. The van der Waals surface area contributed by atoms with Gasteiger partial charge < -0.3 is 4.98 Å². The average molecular weight is 305 g/mol. The van der Waals surface area contributed by atoms with Gasteiger partial charge in [0.15, 0.2) is 16.4 Å². The molecule has 0 spiro atoms. The largest absolute Gasteiger partial charge is 0.330 e. The Hall–Kier alpha value is -2.59. The molecule has 0 unspecified atom stereocenters. The quantitative estimate of drug-likeness (QED) is 0.691. The number of H-pyrrole nitrogens is 1. The highest BCUT2D eigenvalue weighted by Gasteiger charge is 2.17. The van der Waals surface area contributed by atoms with Gasteiger partial charge >= 0.3 is 0 Å². The molecule has 3 aromatic rings. The van der Waals surface area contributed by atoms with E-state index in [2.05, 4.69) is 4.98 Å². The predicted octanol–water partition coefficient (Wildman–Crippen LogP) is 3.98. The van der Waals surface area contributed by atoms with Crippen LogP contribution in [0.4, 0.5) is 13.2 Å². The van der Waals surface area contributed by atoms with Crippen molar-refractivity contribution in [2.24, 2.45) is 0 Å². The van der Waals surface area contributed by atoms with E-state index in [9.17, 15) is 13.2 Å². The molecule has 0 saturated heterocycles. The van der Waals surface area contributed by atoms with Gasteiger partial charge in [-0.3, -0.25) is 4.57 Å². The molecule has 3 rings (SSSR count). The van der Waals surface area contributed by atoms with E-state index in [1.54, 1.807) is 6.07 Å². The van der Waals surface area contributed by atoms with Gasteiger partial charge in [0.2, 0.25) is 0 Å². The Labute approximate surface area is 121 Å². The number of imidazole rings is 1. The molecule has 0 atom stereocenters. The Kier molecular flexibility index (Phi) is 3.03. The van der Waals surface area contributed by atoms with Gasteiger partial charge in [-0.15, -0.1) is 0 Å². The van der Waals surface area contributed by atoms with E-state index in [4.69, 9.17) is 17.5 Å². The number of hydrogen-bond donors (Lipinski definition) is 1. The summed E-state index contributed by atoms with van der Waals surface area (Å²) in [7, 11) is 0. The van der Waals surface area contributed by atoms with Gasteiger partial charge in [0, 0.05) is 0 Å². The highest BCUT2D eigenvalue weighted by molar-refractivity contribution is 7.71. The number of nitrogens with zero attached hydrogens (tertiary/aromatic N) is 2. The summed E-state index contributed by atoms with van der Waals surface area (Å²) in [6.45, 7) is 0. The van der Waals surface area contributed by atoms with E-state index >= 15 is 0 Å². The molecule has 1 heterocycles. The topological polar surface area (TPSA) is 44.5 Å². The number of nitriles is 1. The molecule has 0 aliphatic rings. The molecule has 104 valence electrons. The lowest BCUT2D eigenvalue weighted by Crippen LogP contribution is -2.00. The van der Waals surface area contributed by atoms with E-state index in [0.29, 0.717) is 0 Å². The summed E-state index contributed by atoms with van der Waals surface area (Å²) < 4.78 is 42.6. The van der Waals surface area contributed by atoms with Gasteiger partial charge in [0.05, 0.1) is 22.8 Å². The number of aromatic amines is 1. The lowest BCUT2D eigenvalue weighted by atomic mass is 10.2. The summed E-state index contributed by atoms with van der Waals surface area (Å²) in [5.41, 5.74) is 0.135. The second-order valence-electron chi connectivity index (χ2n) is 4.30. The molecule has 0 aliphatic carbocycles. The molecule has 0 bridgehead atoms. The number of hydrogen-bond acceptors (Lipinski definition) is 2. The first kappa shape index (κ1) is 13.4. The van der Waals surface area contributed by atoms with Crippen molar-refractivity contribution in [2.45, 2.75) is 0 Å². The fraction of sp³-hybridized carbons (Fsp3) is 0. The van der Waals surface area contributed by atoms with Crippen molar-refractivity contribution in [3.05, 3.63) is 58.1 Å². The zero-order valence-electron chi connectivity index (χ0n) is 10.3. The van der Waals surface area contributed by atoms with Crippen molar-refractivity contribution in [1.29, 1.82) is 5.26 Å². The van der Waals surface area contributed by atoms with Crippen molar-refractivity contribution in [1.82, 2.24) is 9.55 Å². The second kappa shape index (κ2) is 4.75. The Morgan fingerprint density at radius 1 is 1.10 bits per heavy atom. The lowest BCUT2D eigenvalue weighted by Gasteiger charge is -2.07. The normalized spacial score (nSPS) is 10.8. The van der Waals surface area contributed by atoms with Crippen molar-refractivity contribution in [2.75, 3.05) is 0 Å². The summed E-state index contributed by atoms with van der Waals surface area (Å²) in [6.07, 6.45) is 0. The van der Waals surface area contributed by atoms with Crippen LogP contribution in [0.1, 0.15) is 5.56 Å². The Balaban J connectivity index is 2.41. The molecule has 0 radical (unpaired) electrons. The van der Waals surface area contributed by atoms with Gasteiger partial charge in [-0.2, -0.15) is 5.26 Å². The van der Waals surface area contributed by atoms with Crippen LogP contribution in [0, 0.1) is 33.6 Å². The summed E-state index contributed by atoms with van der Waals surface area (Å²) in [4.78, 5) is 2.69. The van der Waals surface area contributed by atoms with E-state index in [1.165, 1.54) is 18.2 Å². The van der Waals surface area contributed by atoms with Crippen LogP contribution in [0.2, 0.25) is 0 Å². The van der Waals surface area contributed by atoms with Crippen LogP contribution in [0.25, 0.3) is 16.7 Å². The minimum absolute atomic E-state index is 0.0260. The third kappa shape index (κ3) is 2.00. The first-order chi connectivity index (χ1) is 10.0. The molecule has 0 amide bonds. The highest BCUT2D eigenvalue weighted by atomic mass is 32.1. The number of nitrogens with one attached hydrogen (secondary N) is 1. The first-order valence-electron chi connectivity index (χ1n) is 5.81. The minimum atomic E-state index is -1.12. The third-order valence-electron chi connectivity index (χ3n) is 3.06. The smallest absolute Gasteiger partial charge is 0.184 e. The molecular formula is C14H6F3N3S. The molecule has 1 aromatic heterocycles. The fourth-order valence-corrected chi connectivity index (χ4v) is 2.42. The van der Waals surface area contributed by atoms with Crippen LogP contribution in [-0.4, -0.2) is 9.55 Å². The second-order valence-corrected chi connectivity index (χ2v) is 4.69. The molecule has 0 saturated carbocycles. The van der Waals surface area contributed by atoms with Crippen LogP contribution < -0.4 is 0 Å². The van der Waals surface area contributed by atoms with Gasteiger partial charge in [-0.1, -0.05) is 0 Å². The van der Waals surface area contributed by atoms with Crippen molar-refractivity contribution in [3.8, 4) is 11.8 Å². The van der Waals surface area contributed by atoms with Gasteiger partial charge in [-0.05, 0) is 42.5 Å². The third-order valence-corrected chi connectivity index (χ3v) is 3.34. The fourth-order valence-electron chi connectivity index (χ4n) is 2.12. The average Bonchev–Trinajstić information content (AvgIpc) is 2.80. The summed E-state index contributed by atoms with van der Waals surface area (Å²) in [5.74, 6) is -2.93. The summed E-state index contributed by atoms with van der Waals surface area (Å²) in [6, 6.07) is 7.75. The molecule has 7 heteroatoms. The van der Waals surface area contributed by atoms with Gasteiger partial charge in [0.1, 0.15) is 11.3 Å². The Bertz CT molecular complexity index is 966. The number of fused-ring (bicyclic) bond motifs is 1. The molecule has 1 N–H and O–H groups in total. The number of aromatic nitrogens is 2. The van der Waals surface area contributed by atoms with Crippen LogP contribution >= 0.6 is 12.2 Å². The van der Waals surface area contributed by atoms with Crippen LogP contribution in [0.3, 0.4) is 0 Å².